The average Bonchev–Trinajstić information content (AvgIpc) is 2.48. The van der Waals surface area contributed by atoms with Crippen LogP contribution in [0.1, 0.15) is 37.9 Å². The van der Waals surface area contributed by atoms with Gasteiger partial charge >= 0.3 is 5.97 Å². The molecule has 1 aliphatic heterocycles. The van der Waals surface area contributed by atoms with Crippen LogP contribution >= 0.6 is 0 Å². The van der Waals surface area contributed by atoms with Crippen LogP contribution in [0.15, 0.2) is 24.3 Å². The largest absolute Gasteiger partial charge is 0.480 e. The van der Waals surface area contributed by atoms with Gasteiger partial charge in [0.15, 0.2) is 0 Å². The first-order chi connectivity index (χ1) is 10.0. The fourth-order valence-electron chi connectivity index (χ4n) is 3.07. The first kappa shape index (κ1) is 15.9. The quantitative estimate of drug-likeness (QED) is 0.876. The number of carbonyl (C=O) groups is 1. The van der Waals surface area contributed by atoms with E-state index in [9.17, 15) is 19.4 Å². The Hall–Kier alpha value is -1.46. The number of piperidine rings is 1. The smallest absolute Gasteiger partial charge is 0.320 e. The zero-order valence-corrected chi connectivity index (χ0v) is 12.2. The van der Waals surface area contributed by atoms with Crippen molar-refractivity contribution in [1.82, 2.24) is 4.90 Å². The van der Waals surface area contributed by atoms with Crippen molar-refractivity contribution in [2.75, 3.05) is 13.1 Å². The zero-order valence-electron chi connectivity index (χ0n) is 12.2. The van der Waals surface area contributed by atoms with E-state index in [1.165, 1.54) is 12.1 Å². The lowest BCUT2D eigenvalue weighted by molar-refractivity contribution is -0.144. The van der Waals surface area contributed by atoms with Gasteiger partial charge in [0.25, 0.3) is 0 Å². The van der Waals surface area contributed by atoms with Crippen molar-refractivity contribution in [2.24, 2.45) is 5.92 Å². The molecule has 0 aliphatic carbocycles. The highest BCUT2D eigenvalue weighted by Gasteiger charge is 2.31. The zero-order chi connectivity index (χ0) is 15.4. The summed E-state index contributed by atoms with van der Waals surface area (Å²) < 4.78 is 12.9. The van der Waals surface area contributed by atoms with E-state index in [4.69, 9.17) is 0 Å². The van der Waals surface area contributed by atoms with Gasteiger partial charge in [-0.25, -0.2) is 4.39 Å². The van der Waals surface area contributed by atoms with E-state index in [1.54, 1.807) is 12.1 Å². The van der Waals surface area contributed by atoms with Crippen LogP contribution in [0, 0.1) is 11.7 Å². The average molecular weight is 295 g/mol. The number of halogens is 1. The lowest BCUT2D eigenvalue weighted by Gasteiger charge is -2.37. The summed E-state index contributed by atoms with van der Waals surface area (Å²) in [5.74, 6) is -0.999. The summed E-state index contributed by atoms with van der Waals surface area (Å²) >= 11 is 0. The van der Waals surface area contributed by atoms with E-state index in [2.05, 4.69) is 0 Å². The number of rotatable bonds is 5. The van der Waals surface area contributed by atoms with E-state index < -0.39 is 18.1 Å². The van der Waals surface area contributed by atoms with Gasteiger partial charge in [-0.2, -0.15) is 0 Å². The Bertz CT molecular complexity index is 469. The molecule has 4 nitrogen and oxygen atoms in total. The molecule has 0 saturated carbocycles. The van der Waals surface area contributed by atoms with Crippen LogP contribution in [0.3, 0.4) is 0 Å². The van der Waals surface area contributed by atoms with E-state index in [0.717, 1.165) is 18.4 Å². The Balaban J connectivity index is 1.94. The summed E-state index contributed by atoms with van der Waals surface area (Å²) in [6.45, 7) is 3.22. The highest BCUT2D eigenvalue weighted by Crippen LogP contribution is 2.31. The Morgan fingerprint density at radius 1 is 1.33 bits per heavy atom. The highest BCUT2D eigenvalue weighted by molar-refractivity contribution is 5.73. The molecule has 2 N–H and O–H groups in total. The summed E-state index contributed by atoms with van der Waals surface area (Å²) in [6, 6.07) is 5.49. The van der Waals surface area contributed by atoms with Gasteiger partial charge < -0.3 is 10.2 Å². The highest BCUT2D eigenvalue weighted by atomic mass is 19.1. The minimum absolute atomic E-state index is 0.0954. The molecule has 1 aromatic rings. The molecular weight excluding hydrogens is 273 g/mol. The molecule has 1 aliphatic rings. The van der Waals surface area contributed by atoms with E-state index in [0.29, 0.717) is 19.5 Å². The monoisotopic (exact) mass is 295 g/mol. The summed E-state index contributed by atoms with van der Waals surface area (Å²) in [5.41, 5.74) is 0.722. The minimum atomic E-state index is -0.782. The van der Waals surface area contributed by atoms with E-state index >= 15 is 0 Å². The maximum absolute atomic E-state index is 12.9. The fourth-order valence-corrected chi connectivity index (χ4v) is 3.07. The molecule has 0 aromatic heterocycles. The predicted octanol–water partition coefficient (Wildman–Crippen LogP) is 2.43. The van der Waals surface area contributed by atoms with Crippen LogP contribution in [0.4, 0.5) is 4.39 Å². The number of aliphatic hydroxyl groups is 1. The third-order valence-corrected chi connectivity index (χ3v) is 4.34. The molecule has 0 amide bonds. The second-order valence-electron chi connectivity index (χ2n) is 5.63. The second kappa shape index (κ2) is 7.00. The SMILES string of the molecule is CC[C@@H](C(=O)O)N1CCC([C@@H](O)c2ccc(F)cc2)CC1. The predicted molar refractivity (Wildman–Crippen MR) is 77.4 cm³/mol. The van der Waals surface area contributed by atoms with Crippen molar-refractivity contribution in [3.8, 4) is 0 Å². The minimum Gasteiger partial charge on any atom is -0.480 e. The molecule has 1 heterocycles. The van der Waals surface area contributed by atoms with Gasteiger partial charge in [0.1, 0.15) is 11.9 Å². The number of hydrogen-bond donors (Lipinski definition) is 2. The molecule has 0 spiro atoms. The Kier molecular flexibility index (Phi) is 5.31. The topological polar surface area (TPSA) is 60.8 Å². The van der Waals surface area contributed by atoms with Crippen molar-refractivity contribution in [3.63, 3.8) is 0 Å². The van der Waals surface area contributed by atoms with Gasteiger partial charge in [0, 0.05) is 0 Å². The van der Waals surface area contributed by atoms with Crippen molar-refractivity contribution in [3.05, 3.63) is 35.6 Å². The number of aliphatic carboxylic acids is 1. The number of carboxylic acid groups (broad SMARTS) is 1. The molecule has 1 aromatic carbocycles. The van der Waals surface area contributed by atoms with Gasteiger partial charge in [-0.15, -0.1) is 0 Å². The third-order valence-electron chi connectivity index (χ3n) is 4.34. The number of nitrogens with zero attached hydrogens (tertiary/aromatic N) is 1. The van der Waals surface area contributed by atoms with Crippen LogP contribution in [0.25, 0.3) is 0 Å². The molecule has 2 atom stereocenters. The van der Waals surface area contributed by atoms with E-state index in [1.807, 2.05) is 11.8 Å². The number of aliphatic hydroxyl groups excluding tert-OH is 1. The Morgan fingerprint density at radius 2 is 1.90 bits per heavy atom. The Morgan fingerprint density at radius 3 is 2.38 bits per heavy atom. The van der Waals surface area contributed by atoms with E-state index in [-0.39, 0.29) is 11.7 Å². The Labute approximate surface area is 124 Å². The van der Waals surface area contributed by atoms with Crippen molar-refractivity contribution < 1.29 is 19.4 Å². The lowest BCUT2D eigenvalue weighted by atomic mass is 9.87. The molecule has 1 fully saturated rings. The van der Waals surface area contributed by atoms with Crippen LogP contribution in [-0.2, 0) is 4.79 Å². The number of carboxylic acids is 1. The lowest BCUT2D eigenvalue weighted by Crippen LogP contribution is -2.46. The van der Waals surface area contributed by atoms with Crippen LogP contribution < -0.4 is 0 Å². The number of hydrogen-bond acceptors (Lipinski definition) is 3. The van der Waals surface area contributed by atoms with Crippen molar-refractivity contribution in [1.29, 1.82) is 0 Å². The van der Waals surface area contributed by atoms with Gasteiger partial charge in [-0.1, -0.05) is 19.1 Å². The summed E-state index contributed by atoms with van der Waals surface area (Å²) in [5, 5.41) is 19.5. The van der Waals surface area contributed by atoms with Gasteiger partial charge in [0.05, 0.1) is 6.10 Å². The molecule has 21 heavy (non-hydrogen) atoms. The number of benzene rings is 1. The molecule has 2 rings (SSSR count). The maximum atomic E-state index is 12.9. The van der Waals surface area contributed by atoms with Crippen LogP contribution in [0.2, 0.25) is 0 Å². The summed E-state index contributed by atoms with van der Waals surface area (Å²) in [4.78, 5) is 13.1. The van der Waals surface area contributed by atoms with Crippen LogP contribution in [0.5, 0.6) is 0 Å². The standard InChI is InChI=1S/C16H22FNO3/c1-2-14(16(20)21)18-9-7-12(8-10-18)15(19)11-3-5-13(17)6-4-11/h3-6,12,14-15,19H,2,7-10H2,1H3,(H,20,21)/t14-,15-/m0/s1. The summed E-state index contributed by atoms with van der Waals surface area (Å²) in [6.07, 6.45) is 1.48. The third kappa shape index (κ3) is 3.80. The van der Waals surface area contributed by atoms with Crippen LogP contribution in [-0.4, -0.2) is 40.2 Å². The first-order valence-corrected chi connectivity index (χ1v) is 7.43. The first-order valence-electron chi connectivity index (χ1n) is 7.43. The molecule has 0 radical (unpaired) electrons. The molecule has 5 heteroatoms. The summed E-state index contributed by atoms with van der Waals surface area (Å²) in [7, 11) is 0. The van der Waals surface area contributed by atoms with Crippen molar-refractivity contribution >= 4 is 5.97 Å². The van der Waals surface area contributed by atoms with Gasteiger partial charge in [-0.3, -0.25) is 9.69 Å². The maximum Gasteiger partial charge on any atom is 0.320 e. The fraction of sp³-hybridized carbons (Fsp3) is 0.562. The second-order valence-corrected chi connectivity index (χ2v) is 5.63. The normalized spacial score (nSPS) is 20.1. The van der Waals surface area contributed by atoms with Gasteiger partial charge in [0.2, 0.25) is 0 Å². The molecular formula is C16H22FNO3. The number of likely N-dealkylation sites (tertiary alicyclic amines) is 1. The molecule has 0 bridgehead atoms. The van der Waals surface area contributed by atoms with Crippen molar-refractivity contribution in [2.45, 2.75) is 38.3 Å². The molecule has 116 valence electrons. The molecule has 1 saturated heterocycles. The van der Waals surface area contributed by atoms with Gasteiger partial charge in [-0.05, 0) is 56.0 Å². The molecule has 0 unspecified atom stereocenters.